The number of benzene rings is 1. The Morgan fingerprint density at radius 2 is 2.21 bits per heavy atom. The van der Waals surface area contributed by atoms with Crippen LogP contribution in [0.5, 0.6) is 0 Å². The Morgan fingerprint density at radius 1 is 1.32 bits per heavy atom. The lowest BCUT2D eigenvalue weighted by atomic mass is 9.85. The predicted octanol–water partition coefficient (Wildman–Crippen LogP) is 4.94. The summed E-state index contributed by atoms with van der Waals surface area (Å²) in [4.78, 5) is 13.3. The standard InChI is InChI=1S/C16H19BrOS/c17-14-2-1-3-16(9-14)19-10-15(18)8-13-7-11-4-5-12(13)6-11/h1-3,9,11-13H,4-8,10H2. The number of carbonyl (C=O) groups excluding carboxylic acids is 1. The zero-order chi connectivity index (χ0) is 13.2. The first-order valence-corrected chi connectivity index (χ1v) is 8.88. The quantitative estimate of drug-likeness (QED) is 0.707. The van der Waals surface area contributed by atoms with Gasteiger partial charge in [0, 0.05) is 15.8 Å². The van der Waals surface area contributed by atoms with Gasteiger partial charge in [-0.25, -0.2) is 0 Å². The van der Waals surface area contributed by atoms with Crippen LogP contribution in [0, 0.1) is 17.8 Å². The van der Waals surface area contributed by atoms with Crippen molar-refractivity contribution < 1.29 is 4.79 Å². The zero-order valence-electron chi connectivity index (χ0n) is 11.0. The fraction of sp³-hybridized carbons (Fsp3) is 0.562. The molecule has 2 saturated carbocycles. The van der Waals surface area contributed by atoms with Gasteiger partial charge in [0.2, 0.25) is 0 Å². The van der Waals surface area contributed by atoms with Gasteiger partial charge >= 0.3 is 0 Å². The van der Waals surface area contributed by atoms with Crippen molar-refractivity contribution in [2.45, 2.75) is 37.0 Å². The van der Waals surface area contributed by atoms with Gasteiger partial charge in [0.15, 0.2) is 0 Å². The first-order chi connectivity index (χ1) is 9.20. The van der Waals surface area contributed by atoms with Crippen LogP contribution in [0.4, 0.5) is 0 Å². The van der Waals surface area contributed by atoms with E-state index in [0.717, 1.165) is 22.7 Å². The van der Waals surface area contributed by atoms with E-state index in [1.807, 2.05) is 12.1 Å². The van der Waals surface area contributed by atoms with Crippen molar-refractivity contribution >= 4 is 33.5 Å². The van der Waals surface area contributed by atoms with Crippen molar-refractivity contribution in [1.82, 2.24) is 0 Å². The molecule has 3 unspecified atom stereocenters. The molecule has 1 aromatic carbocycles. The molecule has 1 nitrogen and oxygen atoms in total. The summed E-state index contributed by atoms with van der Waals surface area (Å²) < 4.78 is 1.08. The van der Waals surface area contributed by atoms with Crippen LogP contribution in [0.1, 0.15) is 32.1 Å². The number of halogens is 1. The molecule has 0 saturated heterocycles. The normalized spacial score (nSPS) is 28.8. The predicted molar refractivity (Wildman–Crippen MR) is 83.4 cm³/mol. The molecule has 0 aliphatic heterocycles. The highest BCUT2D eigenvalue weighted by molar-refractivity contribution is 9.10. The molecule has 2 aliphatic rings. The van der Waals surface area contributed by atoms with Gasteiger partial charge in [0.05, 0.1) is 5.75 Å². The molecule has 0 amide bonds. The van der Waals surface area contributed by atoms with Gasteiger partial charge in [0.25, 0.3) is 0 Å². The molecule has 2 aliphatic carbocycles. The molecule has 0 heterocycles. The molecular weight excluding hydrogens is 320 g/mol. The molecule has 1 aromatic rings. The van der Waals surface area contributed by atoms with Gasteiger partial charge in [0.1, 0.15) is 5.78 Å². The van der Waals surface area contributed by atoms with E-state index in [1.54, 1.807) is 11.8 Å². The fourth-order valence-electron chi connectivity index (χ4n) is 3.70. The number of thioether (sulfide) groups is 1. The van der Waals surface area contributed by atoms with Crippen LogP contribution >= 0.6 is 27.7 Å². The summed E-state index contributed by atoms with van der Waals surface area (Å²) in [5.41, 5.74) is 0. The molecule has 0 N–H and O–H groups in total. The minimum absolute atomic E-state index is 0.433. The van der Waals surface area contributed by atoms with Crippen molar-refractivity contribution in [3.8, 4) is 0 Å². The van der Waals surface area contributed by atoms with E-state index in [9.17, 15) is 4.79 Å². The van der Waals surface area contributed by atoms with Crippen molar-refractivity contribution in [2.24, 2.45) is 17.8 Å². The summed E-state index contributed by atoms with van der Waals surface area (Å²) in [6.45, 7) is 0. The Morgan fingerprint density at radius 3 is 2.89 bits per heavy atom. The smallest absolute Gasteiger partial charge is 0.143 e. The SMILES string of the molecule is O=C(CSc1cccc(Br)c1)CC1CC2CCC1C2. The van der Waals surface area contributed by atoms with E-state index < -0.39 is 0 Å². The van der Waals surface area contributed by atoms with Gasteiger partial charge < -0.3 is 0 Å². The summed E-state index contributed by atoms with van der Waals surface area (Å²) in [6, 6.07) is 8.18. The topological polar surface area (TPSA) is 17.1 Å². The Balaban J connectivity index is 1.47. The first-order valence-electron chi connectivity index (χ1n) is 7.11. The van der Waals surface area contributed by atoms with Gasteiger partial charge in [-0.3, -0.25) is 4.79 Å². The molecule has 0 aromatic heterocycles. The Bertz CT molecular complexity index is 474. The Kier molecular flexibility index (Phi) is 4.33. The van der Waals surface area contributed by atoms with Crippen LogP contribution in [-0.4, -0.2) is 11.5 Å². The number of rotatable bonds is 5. The lowest BCUT2D eigenvalue weighted by molar-refractivity contribution is -0.117. The number of carbonyl (C=O) groups is 1. The summed E-state index contributed by atoms with van der Waals surface area (Å²) in [5.74, 6) is 3.58. The summed E-state index contributed by atoms with van der Waals surface area (Å²) in [6.07, 6.45) is 6.33. The van der Waals surface area contributed by atoms with E-state index in [1.165, 1.54) is 30.6 Å². The molecule has 3 rings (SSSR count). The van der Waals surface area contributed by atoms with Crippen molar-refractivity contribution in [3.63, 3.8) is 0 Å². The highest BCUT2D eigenvalue weighted by atomic mass is 79.9. The van der Waals surface area contributed by atoms with E-state index >= 15 is 0 Å². The monoisotopic (exact) mass is 338 g/mol. The average molecular weight is 339 g/mol. The largest absolute Gasteiger partial charge is 0.299 e. The van der Waals surface area contributed by atoms with E-state index in [0.29, 0.717) is 17.5 Å². The zero-order valence-corrected chi connectivity index (χ0v) is 13.4. The lowest BCUT2D eigenvalue weighted by Gasteiger charge is -2.20. The van der Waals surface area contributed by atoms with E-state index in [-0.39, 0.29) is 0 Å². The van der Waals surface area contributed by atoms with Crippen molar-refractivity contribution in [2.75, 3.05) is 5.75 Å². The number of hydrogen-bond donors (Lipinski definition) is 0. The first kappa shape index (κ1) is 13.7. The highest BCUT2D eigenvalue weighted by Gasteiger charge is 2.39. The Labute approximate surface area is 127 Å². The van der Waals surface area contributed by atoms with Crippen LogP contribution in [0.25, 0.3) is 0 Å². The van der Waals surface area contributed by atoms with E-state index in [2.05, 4.69) is 28.1 Å². The van der Waals surface area contributed by atoms with Gasteiger partial charge in [-0.2, -0.15) is 0 Å². The maximum absolute atomic E-state index is 12.1. The summed E-state index contributed by atoms with van der Waals surface area (Å²) in [5, 5.41) is 0. The molecule has 102 valence electrons. The lowest BCUT2D eigenvalue weighted by Crippen LogP contribution is -2.16. The number of Topliss-reactive ketones (excluding diaryl/α,β-unsaturated/α-hetero) is 1. The minimum Gasteiger partial charge on any atom is -0.299 e. The number of fused-ring (bicyclic) bond motifs is 2. The van der Waals surface area contributed by atoms with Gasteiger partial charge in [-0.05, 0) is 55.2 Å². The van der Waals surface area contributed by atoms with Crippen LogP contribution in [0.15, 0.2) is 33.6 Å². The molecule has 2 fully saturated rings. The number of ketones is 1. The molecular formula is C16H19BrOS. The summed E-state index contributed by atoms with van der Waals surface area (Å²) >= 11 is 5.13. The van der Waals surface area contributed by atoms with Gasteiger partial charge in [-0.1, -0.05) is 28.4 Å². The fourth-order valence-corrected chi connectivity index (χ4v) is 5.08. The third-order valence-electron chi connectivity index (χ3n) is 4.57. The third-order valence-corrected chi connectivity index (χ3v) is 6.12. The van der Waals surface area contributed by atoms with E-state index in [4.69, 9.17) is 0 Å². The second-order valence-electron chi connectivity index (χ2n) is 5.92. The van der Waals surface area contributed by atoms with Crippen molar-refractivity contribution in [3.05, 3.63) is 28.7 Å². The maximum atomic E-state index is 12.1. The van der Waals surface area contributed by atoms with Crippen LogP contribution in [-0.2, 0) is 4.79 Å². The third kappa shape index (κ3) is 3.43. The molecule has 0 spiro atoms. The Hall–Kier alpha value is -0.280. The van der Waals surface area contributed by atoms with Gasteiger partial charge in [-0.15, -0.1) is 11.8 Å². The number of hydrogen-bond acceptors (Lipinski definition) is 2. The molecule has 3 atom stereocenters. The van der Waals surface area contributed by atoms with Crippen LogP contribution < -0.4 is 0 Å². The van der Waals surface area contributed by atoms with Crippen LogP contribution in [0.3, 0.4) is 0 Å². The van der Waals surface area contributed by atoms with Crippen LogP contribution in [0.2, 0.25) is 0 Å². The average Bonchev–Trinajstić information content (AvgIpc) is 2.99. The second-order valence-corrected chi connectivity index (χ2v) is 7.89. The molecule has 19 heavy (non-hydrogen) atoms. The minimum atomic E-state index is 0.433. The highest BCUT2D eigenvalue weighted by Crippen LogP contribution is 2.49. The molecule has 2 bridgehead atoms. The van der Waals surface area contributed by atoms with Crippen molar-refractivity contribution in [1.29, 1.82) is 0 Å². The molecule has 0 radical (unpaired) electrons. The molecule has 3 heteroatoms. The second kappa shape index (κ2) is 6.01. The summed E-state index contributed by atoms with van der Waals surface area (Å²) in [7, 11) is 0. The maximum Gasteiger partial charge on any atom is 0.143 e.